The first-order valence-corrected chi connectivity index (χ1v) is 9.02. The van der Waals surface area contributed by atoms with Crippen LogP contribution in [0.1, 0.15) is 49.1 Å². The Morgan fingerprint density at radius 1 is 0.923 bits per heavy atom. The fourth-order valence-corrected chi connectivity index (χ4v) is 3.47. The van der Waals surface area contributed by atoms with Gasteiger partial charge in [-0.15, -0.1) is 0 Å². The van der Waals surface area contributed by atoms with Gasteiger partial charge >= 0.3 is 11.9 Å². The summed E-state index contributed by atoms with van der Waals surface area (Å²) in [4.78, 5) is 34.9. The van der Waals surface area contributed by atoms with E-state index in [2.05, 4.69) is 4.90 Å². The predicted molar refractivity (Wildman–Crippen MR) is 92.9 cm³/mol. The largest absolute Gasteiger partial charge is 0.473 e. The maximum atomic E-state index is 12.2. The van der Waals surface area contributed by atoms with E-state index in [-0.39, 0.29) is 5.91 Å². The number of nitrogens with zero attached hydrogens (tertiary/aromatic N) is 2. The average molecular weight is 366 g/mol. The first-order valence-electron chi connectivity index (χ1n) is 9.02. The zero-order valence-corrected chi connectivity index (χ0v) is 14.8. The maximum absolute atomic E-state index is 12.2. The fraction of sp³-hybridized carbons (Fsp3) is 0.611. The van der Waals surface area contributed by atoms with Gasteiger partial charge in [-0.1, -0.05) is 25.7 Å². The normalized spacial score (nSPS) is 19.2. The molecule has 2 aliphatic rings. The third-order valence-electron chi connectivity index (χ3n) is 4.86. The number of furan rings is 1. The highest BCUT2D eigenvalue weighted by molar-refractivity contribution is 6.27. The third kappa shape index (κ3) is 5.87. The van der Waals surface area contributed by atoms with Crippen LogP contribution in [-0.2, 0) is 9.59 Å². The minimum atomic E-state index is -1.82. The second-order valence-corrected chi connectivity index (χ2v) is 6.56. The number of aliphatic carboxylic acids is 2. The van der Waals surface area contributed by atoms with Crippen LogP contribution in [0.4, 0.5) is 0 Å². The molecule has 2 fully saturated rings. The fourth-order valence-electron chi connectivity index (χ4n) is 3.47. The third-order valence-corrected chi connectivity index (χ3v) is 4.86. The number of carboxylic acids is 2. The zero-order valence-electron chi connectivity index (χ0n) is 14.8. The molecule has 2 N–H and O–H groups in total. The highest BCUT2D eigenvalue weighted by Crippen LogP contribution is 2.23. The van der Waals surface area contributed by atoms with Crippen molar-refractivity contribution in [1.29, 1.82) is 0 Å². The Hall–Kier alpha value is -2.35. The van der Waals surface area contributed by atoms with Crippen LogP contribution in [0.3, 0.4) is 0 Å². The van der Waals surface area contributed by atoms with E-state index in [1.165, 1.54) is 38.5 Å². The number of rotatable bonds is 2. The van der Waals surface area contributed by atoms with Crippen LogP contribution in [0.2, 0.25) is 0 Å². The van der Waals surface area contributed by atoms with Crippen molar-refractivity contribution in [3.05, 3.63) is 24.2 Å². The molecule has 0 atom stereocenters. The Morgan fingerprint density at radius 3 is 1.96 bits per heavy atom. The summed E-state index contributed by atoms with van der Waals surface area (Å²) in [6.45, 7) is 3.68. The minimum Gasteiger partial charge on any atom is -0.473 e. The molecule has 1 aromatic heterocycles. The zero-order chi connectivity index (χ0) is 18.9. The van der Waals surface area contributed by atoms with Crippen molar-refractivity contribution < 1.29 is 29.0 Å². The summed E-state index contributed by atoms with van der Waals surface area (Å²) in [6, 6.07) is 4.27. The van der Waals surface area contributed by atoms with Gasteiger partial charge in [-0.3, -0.25) is 9.69 Å². The van der Waals surface area contributed by atoms with E-state index in [9.17, 15) is 4.79 Å². The first-order chi connectivity index (χ1) is 12.5. The number of hydrogen-bond donors (Lipinski definition) is 2. The van der Waals surface area contributed by atoms with Gasteiger partial charge in [-0.25, -0.2) is 9.59 Å². The van der Waals surface area contributed by atoms with Gasteiger partial charge in [0.1, 0.15) is 0 Å². The molecule has 26 heavy (non-hydrogen) atoms. The lowest BCUT2D eigenvalue weighted by atomic mass is 10.1. The number of carbonyl (C=O) groups excluding carboxylic acids is 1. The van der Waals surface area contributed by atoms with E-state index < -0.39 is 11.9 Å². The maximum Gasteiger partial charge on any atom is 0.414 e. The number of carboxylic acid groups (broad SMARTS) is 2. The molecule has 0 unspecified atom stereocenters. The molecule has 0 radical (unpaired) electrons. The minimum absolute atomic E-state index is 0.0375. The van der Waals surface area contributed by atoms with Crippen LogP contribution < -0.4 is 0 Å². The van der Waals surface area contributed by atoms with Crippen molar-refractivity contribution in [2.45, 2.75) is 44.6 Å². The second-order valence-electron chi connectivity index (χ2n) is 6.56. The molecule has 3 rings (SSSR count). The summed E-state index contributed by atoms with van der Waals surface area (Å²) in [7, 11) is 0. The van der Waals surface area contributed by atoms with E-state index in [1.807, 2.05) is 4.90 Å². The summed E-state index contributed by atoms with van der Waals surface area (Å²) >= 11 is 0. The van der Waals surface area contributed by atoms with Crippen LogP contribution in [0.5, 0.6) is 0 Å². The van der Waals surface area contributed by atoms with Gasteiger partial charge in [0, 0.05) is 32.2 Å². The Morgan fingerprint density at radius 2 is 1.50 bits per heavy atom. The molecular weight excluding hydrogens is 340 g/mol. The SMILES string of the molecule is O=C(O)C(=O)O.O=C(c1ccco1)N1CCN(C2CCCCCC2)CC1. The molecule has 0 bridgehead atoms. The van der Waals surface area contributed by atoms with Gasteiger partial charge in [0.15, 0.2) is 5.76 Å². The molecule has 1 aliphatic heterocycles. The van der Waals surface area contributed by atoms with Gasteiger partial charge in [-0.2, -0.15) is 0 Å². The van der Waals surface area contributed by atoms with Crippen molar-refractivity contribution in [2.75, 3.05) is 26.2 Å². The highest BCUT2D eigenvalue weighted by atomic mass is 16.4. The van der Waals surface area contributed by atoms with Gasteiger partial charge in [0.2, 0.25) is 0 Å². The van der Waals surface area contributed by atoms with E-state index in [1.54, 1.807) is 18.4 Å². The quantitative estimate of drug-likeness (QED) is 0.607. The van der Waals surface area contributed by atoms with Crippen molar-refractivity contribution in [3.63, 3.8) is 0 Å². The molecule has 0 aromatic carbocycles. The number of piperazine rings is 1. The Labute approximate surface area is 152 Å². The molecule has 0 spiro atoms. The van der Waals surface area contributed by atoms with Crippen molar-refractivity contribution in [1.82, 2.24) is 9.80 Å². The average Bonchev–Trinajstić information content (AvgIpc) is 3.04. The van der Waals surface area contributed by atoms with Crippen LogP contribution >= 0.6 is 0 Å². The summed E-state index contributed by atoms with van der Waals surface area (Å²) in [5.74, 6) is -3.14. The number of hydrogen-bond acceptors (Lipinski definition) is 5. The molecule has 1 saturated heterocycles. The Balaban J connectivity index is 0.000000352. The van der Waals surface area contributed by atoms with Crippen LogP contribution in [0.15, 0.2) is 22.8 Å². The first kappa shape index (κ1) is 20.0. The van der Waals surface area contributed by atoms with E-state index in [4.69, 9.17) is 24.2 Å². The molecule has 1 saturated carbocycles. The van der Waals surface area contributed by atoms with Crippen molar-refractivity contribution >= 4 is 17.8 Å². The molecule has 1 aromatic rings. The molecule has 2 heterocycles. The molecule has 144 valence electrons. The van der Waals surface area contributed by atoms with E-state index >= 15 is 0 Å². The lowest BCUT2D eigenvalue weighted by Crippen LogP contribution is -2.51. The second kappa shape index (κ2) is 9.96. The predicted octanol–water partition coefficient (Wildman–Crippen LogP) is 1.92. The molecule has 8 nitrogen and oxygen atoms in total. The van der Waals surface area contributed by atoms with Gasteiger partial charge in [0.05, 0.1) is 6.26 Å². The van der Waals surface area contributed by atoms with Crippen LogP contribution in [0, 0.1) is 0 Å². The summed E-state index contributed by atoms with van der Waals surface area (Å²) in [6.07, 6.45) is 9.78. The molecule has 1 amide bonds. The number of amides is 1. The Kier molecular flexibility index (Phi) is 7.65. The molecule has 8 heteroatoms. The molecule has 1 aliphatic carbocycles. The lowest BCUT2D eigenvalue weighted by Gasteiger charge is -2.38. The lowest BCUT2D eigenvalue weighted by molar-refractivity contribution is -0.159. The van der Waals surface area contributed by atoms with Gasteiger partial charge in [0.25, 0.3) is 5.91 Å². The summed E-state index contributed by atoms with van der Waals surface area (Å²) < 4.78 is 5.20. The Bertz CT molecular complexity index is 573. The number of carbonyl (C=O) groups is 3. The monoisotopic (exact) mass is 366 g/mol. The van der Waals surface area contributed by atoms with Gasteiger partial charge < -0.3 is 19.5 Å². The van der Waals surface area contributed by atoms with Gasteiger partial charge in [-0.05, 0) is 25.0 Å². The molecular formula is C18H26N2O6. The van der Waals surface area contributed by atoms with Crippen molar-refractivity contribution in [2.24, 2.45) is 0 Å². The standard InChI is InChI=1S/C16H24N2O2.C2H2O4/c19-16(15-8-5-13-20-15)18-11-9-17(10-12-18)14-6-3-1-2-4-7-14;3-1(4)2(5)6/h5,8,13-14H,1-4,6-7,9-12H2;(H,3,4)(H,5,6). The van der Waals surface area contributed by atoms with E-state index in [0.717, 1.165) is 32.2 Å². The van der Waals surface area contributed by atoms with E-state index in [0.29, 0.717) is 5.76 Å². The summed E-state index contributed by atoms with van der Waals surface area (Å²) in [5.41, 5.74) is 0. The smallest absolute Gasteiger partial charge is 0.414 e. The van der Waals surface area contributed by atoms with Crippen LogP contribution in [-0.4, -0.2) is 70.1 Å². The highest BCUT2D eigenvalue weighted by Gasteiger charge is 2.27. The van der Waals surface area contributed by atoms with Crippen LogP contribution in [0.25, 0.3) is 0 Å². The summed E-state index contributed by atoms with van der Waals surface area (Å²) in [5, 5.41) is 14.8. The van der Waals surface area contributed by atoms with Crippen molar-refractivity contribution in [3.8, 4) is 0 Å². The topological polar surface area (TPSA) is 111 Å².